The van der Waals surface area contributed by atoms with Crippen LogP contribution in [0.3, 0.4) is 0 Å². The van der Waals surface area contributed by atoms with Crippen molar-refractivity contribution in [1.82, 2.24) is 30.0 Å². The van der Waals surface area contributed by atoms with Gasteiger partial charge in [0.2, 0.25) is 0 Å². The van der Waals surface area contributed by atoms with Gasteiger partial charge in [0.1, 0.15) is 18.0 Å². The first-order chi connectivity index (χ1) is 16.4. The molecule has 1 aromatic carbocycles. The molecule has 1 atom stereocenters. The van der Waals surface area contributed by atoms with Crippen LogP contribution in [-0.4, -0.2) is 56.4 Å². The molecule has 1 fully saturated rings. The monoisotopic (exact) mass is 479 g/mol. The Morgan fingerprint density at radius 1 is 1.24 bits per heavy atom. The second-order valence-corrected chi connectivity index (χ2v) is 9.65. The summed E-state index contributed by atoms with van der Waals surface area (Å²) in [5.74, 6) is 0.619. The number of thiophene rings is 1. The molecule has 0 saturated carbocycles. The summed E-state index contributed by atoms with van der Waals surface area (Å²) in [4.78, 5) is 27.1. The molecule has 2 amide bonds. The smallest absolute Gasteiger partial charge is 0.318 e. The summed E-state index contributed by atoms with van der Waals surface area (Å²) in [5, 5.41) is 7.41. The van der Waals surface area contributed by atoms with Crippen molar-refractivity contribution in [2.24, 2.45) is 7.05 Å². The maximum absolute atomic E-state index is 13.1. The minimum absolute atomic E-state index is 0.00647. The predicted molar refractivity (Wildman–Crippen MR) is 131 cm³/mol. The molecular weight excluding hydrogens is 453 g/mol. The first-order valence-electron chi connectivity index (χ1n) is 11.2. The van der Waals surface area contributed by atoms with Gasteiger partial charge in [-0.3, -0.25) is 4.68 Å². The Morgan fingerprint density at radius 2 is 2.03 bits per heavy atom. The van der Waals surface area contributed by atoms with Crippen molar-refractivity contribution in [3.63, 3.8) is 0 Å². The Kier molecular flexibility index (Phi) is 5.91. The lowest BCUT2D eigenvalue weighted by atomic mass is 10.2. The van der Waals surface area contributed by atoms with E-state index in [4.69, 9.17) is 0 Å². The van der Waals surface area contributed by atoms with E-state index in [2.05, 4.69) is 31.3 Å². The van der Waals surface area contributed by atoms with Crippen LogP contribution < -0.4 is 10.2 Å². The SMILES string of the molecule is Cc1nn(C)cc1-c1cc2ncnc(N3CCN(C(=O)NCc4ccc(F)cc4)[C@H](C)C3)c2s1. The summed E-state index contributed by atoms with van der Waals surface area (Å²) in [6, 6.07) is 8.15. The summed E-state index contributed by atoms with van der Waals surface area (Å²) in [6.45, 7) is 6.36. The third kappa shape index (κ3) is 4.33. The van der Waals surface area contributed by atoms with Gasteiger partial charge in [-0.15, -0.1) is 11.3 Å². The zero-order chi connectivity index (χ0) is 23.8. The highest BCUT2D eigenvalue weighted by atomic mass is 32.1. The highest BCUT2D eigenvalue weighted by Crippen LogP contribution is 2.38. The van der Waals surface area contributed by atoms with E-state index in [9.17, 15) is 9.18 Å². The number of rotatable bonds is 4. The lowest BCUT2D eigenvalue weighted by Crippen LogP contribution is -2.56. The number of carbonyl (C=O) groups is 1. The normalized spacial score (nSPS) is 16.3. The van der Waals surface area contributed by atoms with Crippen LogP contribution in [0, 0.1) is 12.7 Å². The summed E-state index contributed by atoms with van der Waals surface area (Å²) < 4.78 is 16.0. The van der Waals surface area contributed by atoms with Gasteiger partial charge in [-0.25, -0.2) is 19.2 Å². The molecular formula is C24H26FN7OS. The third-order valence-corrected chi connectivity index (χ3v) is 7.27. The van der Waals surface area contributed by atoms with Gasteiger partial charge in [0.15, 0.2) is 0 Å². The number of nitrogens with one attached hydrogen (secondary N) is 1. The number of urea groups is 1. The first kappa shape index (κ1) is 22.3. The molecule has 8 nitrogen and oxygen atoms in total. The van der Waals surface area contributed by atoms with Crippen molar-refractivity contribution in [2.75, 3.05) is 24.5 Å². The zero-order valence-electron chi connectivity index (χ0n) is 19.3. The summed E-state index contributed by atoms with van der Waals surface area (Å²) in [7, 11) is 1.92. The van der Waals surface area contributed by atoms with E-state index in [1.165, 1.54) is 12.1 Å². The van der Waals surface area contributed by atoms with Gasteiger partial charge in [0.05, 0.1) is 15.9 Å². The molecule has 0 radical (unpaired) electrons. The van der Waals surface area contributed by atoms with Gasteiger partial charge < -0.3 is 15.1 Å². The lowest BCUT2D eigenvalue weighted by Gasteiger charge is -2.40. The molecule has 3 aromatic heterocycles. The molecule has 0 unspecified atom stereocenters. The predicted octanol–water partition coefficient (Wildman–Crippen LogP) is 3.96. The number of fused-ring (bicyclic) bond motifs is 1. The van der Waals surface area contributed by atoms with Crippen LogP contribution in [0.1, 0.15) is 18.2 Å². The average Bonchev–Trinajstić information content (AvgIpc) is 3.40. The second kappa shape index (κ2) is 9.02. The third-order valence-electron chi connectivity index (χ3n) is 6.12. The zero-order valence-corrected chi connectivity index (χ0v) is 20.1. The van der Waals surface area contributed by atoms with Gasteiger partial charge >= 0.3 is 6.03 Å². The number of hydrogen-bond donors (Lipinski definition) is 1. The fraction of sp³-hybridized carbons (Fsp3) is 0.333. The number of aromatic nitrogens is 4. The van der Waals surface area contributed by atoms with Gasteiger partial charge in [-0.2, -0.15) is 5.10 Å². The molecule has 1 aliphatic rings. The Morgan fingerprint density at radius 3 is 2.74 bits per heavy atom. The number of piperazine rings is 1. The van der Waals surface area contributed by atoms with E-state index in [0.717, 1.165) is 37.7 Å². The van der Waals surface area contributed by atoms with Crippen molar-refractivity contribution in [3.05, 3.63) is 59.9 Å². The first-order valence-corrected chi connectivity index (χ1v) is 12.0. The number of nitrogens with zero attached hydrogens (tertiary/aromatic N) is 6. The molecule has 10 heteroatoms. The molecule has 4 aromatic rings. The minimum Gasteiger partial charge on any atom is -0.351 e. The van der Waals surface area contributed by atoms with Crippen molar-refractivity contribution in [3.8, 4) is 10.4 Å². The molecule has 5 rings (SSSR count). The molecule has 1 N–H and O–H groups in total. The number of anilines is 1. The van der Waals surface area contributed by atoms with Crippen LogP contribution in [0.15, 0.2) is 42.9 Å². The van der Waals surface area contributed by atoms with Crippen LogP contribution in [0.5, 0.6) is 0 Å². The highest BCUT2D eigenvalue weighted by Gasteiger charge is 2.29. The molecule has 0 spiro atoms. The largest absolute Gasteiger partial charge is 0.351 e. The van der Waals surface area contributed by atoms with Crippen molar-refractivity contribution in [2.45, 2.75) is 26.4 Å². The molecule has 0 bridgehead atoms. The van der Waals surface area contributed by atoms with Crippen molar-refractivity contribution < 1.29 is 9.18 Å². The minimum atomic E-state index is -0.285. The fourth-order valence-corrected chi connectivity index (χ4v) is 5.56. The fourth-order valence-electron chi connectivity index (χ4n) is 4.37. The van der Waals surface area contributed by atoms with Gasteiger partial charge in [-0.05, 0) is 37.6 Å². The maximum atomic E-state index is 13.1. The molecule has 1 saturated heterocycles. The average molecular weight is 480 g/mol. The van der Waals surface area contributed by atoms with Crippen LogP contribution in [-0.2, 0) is 13.6 Å². The number of halogens is 1. The Bertz CT molecular complexity index is 1330. The lowest BCUT2D eigenvalue weighted by molar-refractivity contribution is 0.171. The van der Waals surface area contributed by atoms with Crippen LogP contribution in [0.25, 0.3) is 20.7 Å². The van der Waals surface area contributed by atoms with Crippen LogP contribution >= 0.6 is 11.3 Å². The summed E-state index contributed by atoms with van der Waals surface area (Å²) >= 11 is 1.67. The quantitative estimate of drug-likeness (QED) is 0.479. The van der Waals surface area contributed by atoms with Crippen molar-refractivity contribution in [1.29, 1.82) is 0 Å². The molecule has 34 heavy (non-hydrogen) atoms. The maximum Gasteiger partial charge on any atom is 0.318 e. The van der Waals surface area contributed by atoms with E-state index in [1.54, 1.807) is 29.8 Å². The Labute approximate surface area is 201 Å². The van der Waals surface area contributed by atoms with E-state index in [1.807, 2.05) is 36.7 Å². The summed E-state index contributed by atoms with van der Waals surface area (Å²) in [5.41, 5.74) is 3.87. The van der Waals surface area contributed by atoms with Gasteiger partial charge in [0.25, 0.3) is 0 Å². The van der Waals surface area contributed by atoms with Crippen LogP contribution in [0.4, 0.5) is 15.0 Å². The number of carbonyl (C=O) groups excluding carboxylic acids is 1. The number of benzene rings is 1. The number of aryl methyl sites for hydroxylation is 2. The van der Waals surface area contributed by atoms with E-state index < -0.39 is 0 Å². The highest BCUT2D eigenvalue weighted by molar-refractivity contribution is 7.22. The van der Waals surface area contributed by atoms with E-state index in [0.29, 0.717) is 26.2 Å². The molecule has 1 aliphatic heterocycles. The van der Waals surface area contributed by atoms with Crippen molar-refractivity contribution >= 4 is 33.4 Å². The Hall–Kier alpha value is -3.53. The molecule has 176 valence electrons. The number of hydrogen-bond acceptors (Lipinski definition) is 6. The van der Waals surface area contributed by atoms with E-state index >= 15 is 0 Å². The van der Waals surface area contributed by atoms with Gasteiger partial charge in [-0.1, -0.05) is 12.1 Å². The second-order valence-electron chi connectivity index (χ2n) is 8.60. The molecule has 4 heterocycles. The van der Waals surface area contributed by atoms with Crippen LogP contribution in [0.2, 0.25) is 0 Å². The standard InChI is InChI=1S/C24H26FN7OS/c1-15-12-31(8-9-32(15)24(33)26-11-17-4-6-18(25)7-5-17)23-22-20(27-14-28-23)10-21(34-22)19-13-30(3)29-16(19)2/h4-7,10,13-15H,8-9,11-12H2,1-3H3,(H,26,33)/t15-/m1/s1. The topological polar surface area (TPSA) is 79.2 Å². The Balaban J connectivity index is 1.29. The number of amides is 2. The molecule has 0 aliphatic carbocycles. The summed E-state index contributed by atoms with van der Waals surface area (Å²) in [6.07, 6.45) is 3.63. The van der Waals surface area contributed by atoms with E-state index in [-0.39, 0.29) is 17.9 Å². The van der Waals surface area contributed by atoms with Gasteiger partial charge in [0, 0.05) is 55.9 Å².